The van der Waals surface area contributed by atoms with Crippen LogP contribution in [0.25, 0.3) is 22.3 Å². The molecule has 0 unspecified atom stereocenters. The molecule has 0 saturated carbocycles. The summed E-state index contributed by atoms with van der Waals surface area (Å²) in [6.45, 7) is 0. The average Bonchev–Trinajstić information content (AvgIpc) is 2.60. The normalized spacial score (nSPS) is 12.1. The highest BCUT2D eigenvalue weighted by atomic mass is 35.7. The monoisotopic (exact) mass is 426 g/mol. The molecular weight excluding hydrogens is 415 g/mol. The van der Waals surface area contributed by atoms with Gasteiger partial charge in [-0.05, 0) is 46.5 Å². The van der Waals surface area contributed by atoms with Crippen molar-refractivity contribution >= 4 is 39.5 Å². The van der Waals surface area contributed by atoms with E-state index in [0.29, 0.717) is 11.1 Å². The second-order valence-electron chi connectivity index (χ2n) is 5.47. The molecular formula is C18H12Cl2O4S2. The zero-order chi connectivity index (χ0) is 18.9. The summed E-state index contributed by atoms with van der Waals surface area (Å²) in [5.74, 6) is 0. The van der Waals surface area contributed by atoms with E-state index in [1.165, 1.54) is 24.3 Å². The number of hydrogen-bond donors (Lipinski definition) is 0. The van der Waals surface area contributed by atoms with E-state index < -0.39 is 18.1 Å². The highest BCUT2D eigenvalue weighted by Crippen LogP contribution is 2.35. The predicted octanol–water partition coefficient (Wildman–Crippen LogP) is 4.88. The van der Waals surface area contributed by atoms with Gasteiger partial charge in [0.15, 0.2) is 0 Å². The molecule has 0 atom stereocenters. The van der Waals surface area contributed by atoms with Gasteiger partial charge in [-0.1, -0.05) is 48.5 Å². The Kier molecular flexibility index (Phi) is 5.12. The molecule has 0 aliphatic rings. The minimum atomic E-state index is -3.91. The van der Waals surface area contributed by atoms with E-state index in [9.17, 15) is 16.8 Å². The van der Waals surface area contributed by atoms with Crippen LogP contribution in [0.2, 0.25) is 0 Å². The summed E-state index contributed by atoms with van der Waals surface area (Å²) >= 11 is 0. The molecule has 0 radical (unpaired) electrons. The fraction of sp³-hybridized carbons (Fsp3) is 0. The van der Waals surface area contributed by atoms with E-state index >= 15 is 0 Å². The largest absolute Gasteiger partial charge is 0.261 e. The van der Waals surface area contributed by atoms with Crippen LogP contribution in [0, 0.1) is 0 Å². The summed E-state index contributed by atoms with van der Waals surface area (Å²) in [5.41, 5.74) is 2.91. The maximum absolute atomic E-state index is 11.7. The van der Waals surface area contributed by atoms with Gasteiger partial charge >= 0.3 is 0 Å². The minimum Gasteiger partial charge on any atom is -0.207 e. The third kappa shape index (κ3) is 4.10. The molecule has 0 saturated heterocycles. The molecule has 26 heavy (non-hydrogen) atoms. The topological polar surface area (TPSA) is 68.3 Å². The van der Waals surface area contributed by atoms with Gasteiger partial charge in [0.1, 0.15) is 0 Å². The average molecular weight is 427 g/mol. The first kappa shape index (κ1) is 18.9. The van der Waals surface area contributed by atoms with Crippen molar-refractivity contribution in [3.63, 3.8) is 0 Å². The molecule has 134 valence electrons. The van der Waals surface area contributed by atoms with E-state index in [1.54, 1.807) is 18.2 Å². The molecule has 0 aliphatic carbocycles. The summed E-state index contributed by atoms with van der Waals surface area (Å²) in [6, 6.07) is 19.9. The maximum Gasteiger partial charge on any atom is 0.261 e. The van der Waals surface area contributed by atoms with Crippen LogP contribution < -0.4 is 0 Å². The van der Waals surface area contributed by atoms with Crippen molar-refractivity contribution in [1.82, 2.24) is 0 Å². The molecule has 3 aromatic carbocycles. The van der Waals surface area contributed by atoms with Gasteiger partial charge < -0.3 is 0 Å². The second-order valence-corrected chi connectivity index (χ2v) is 10.6. The molecule has 0 spiro atoms. The zero-order valence-electron chi connectivity index (χ0n) is 13.1. The Morgan fingerprint density at radius 1 is 0.538 bits per heavy atom. The first-order valence-electron chi connectivity index (χ1n) is 7.35. The number of hydrogen-bond acceptors (Lipinski definition) is 4. The summed E-state index contributed by atoms with van der Waals surface area (Å²) in [6.07, 6.45) is 0. The second kappa shape index (κ2) is 7.04. The lowest BCUT2D eigenvalue weighted by molar-refractivity contribution is 0.608. The Labute approximate surface area is 160 Å². The van der Waals surface area contributed by atoms with Crippen molar-refractivity contribution < 1.29 is 16.8 Å². The molecule has 3 aromatic rings. The summed E-state index contributed by atoms with van der Waals surface area (Å²) < 4.78 is 46.3. The van der Waals surface area contributed by atoms with Gasteiger partial charge in [-0.3, -0.25) is 0 Å². The molecule has 4 nitrogen and oxygen atoms in total. The van der Waals surface area contributed by atoms with Crippen LogP contribution in [0.5, 0.6) is 0 Å². The number of halogens is 2. The van der Waals surface area contributed by atoms with Gasteiger partial charge in [-0.15, -0.1) is 0 Å². The summed E-state index contributed by atoms with van der Waals surface area (Å²) in [5, 5.41) is 0. The minimum absolute atomic E-state index is 0.0368. The molecule has 0 amide bonds. The smallest absolute Gasteiger partial charge is 0.207 e. The van der Waals surface area contributed by atoms with E-state index in [4.69, 9.17) is 21.4 Å². The van der Waals surface area contributed by atoms with Gasteiger partial charge in [0.25, 0.3) is 18.1 Å². The van der Waals surface area contributed by atoms with E-state index in [-0.39, 0.29) is 9.79 Å². The van der Waals surface area contributed by atoms with Crippen molar-refractivity contribution in [2.75, 3.05) is 0 Å². The van der Waals surface area contributed by atoms with Crippen LogP contribution in [0.3, 0.4) is 0 Å². The van der Waals surface area contributed by atoms with Gasteiger partial charge in [-0.2, -0.15) is 0 Å². The molecule has 0 aromatic heterocycles. The standard InChI is InChI=1S/C18H12Cl2O4S2/c19-25(21,22)15-8-6-14(7-9-15)18-12-16(26(20,23)24)10-11-17(18)13-4-2-1-3-5-13/h1-12H. The Balaban J connectivity index is 2.23. The van der Waals surface area contributed by atoms with E-state index in [0.717, 1.165) is 11.1 Å². The lowest BCUT2D eigenvalue weighted by Gasteiger charge is -2.12. The number of benzene rings is 3. The molecule has 0 heterocycles. The van der Waals surface area contributed by atoms with Gasteiger partial charge in [0.2, 0.25) is 0 Å². The Morgan fingerprint density at radius 2 is 1.04 bits per heavy atom. The Hall–Kier alpha value is -1.86. The molecule has 0 bridgehead atoms. The van der Waals surface area contributed by atoms with Crippen LogP contribution in [0.15, 0.2) is 82.6 Å². The molecule has 3 rings (SSSR count). The van der Waals surface area contributed by atoms with E-state index in [1.807, 2.05) is 30.3 Å². The lowest BCUT2D eigenvalue weighted by Crippen LogP contribution is -1.94. The SMILES string of the molecule is O=S(=O)(Cl)c1ccc(-c2cc(S(=O)(=O)Cl)ccc2-c2ccccc2)cc1. The first-order valence-corrected chi connectivity index (χ1v) is 12.0. The summed E-state index contributed by atoms with van der Waals surface area (Å²) in [7, 11) is 3.07. The maximum atomic E-state index is 11.7. The van der Waals surface area contributed by atoms with Crippen LogP contribution in [0.1, 0.15) is 0 Å². The van der Waals surface area contributed by atoms with Crippen molar-refractivity contribution in [2.24, 2.45) is 0 Å². The van der Waals surface area contributed by atoms with Crippen LogP contribution >= 0.6 is 21.4 Å². The lowest BCUT2D eigenvalue weighted by atomic mass is 9.95. The third-order valence-corrected chi connectivity index (χ3v) is 6.53. The van der Waals surface area contributed by atoms with Crippen molar-refractivity contribution in [3.05, 3.63) is 72.8 Å². The molecule has 0 aliphatic heterocycles. The van der Waals surface area contributed by atoms with Gasteiger partial charge in [0.05, 0.1) is 9.79 Å². The Bertz CT molecular complexity index is 1160. The fourth-order valence-electron chi connectivity index (χ4n) is 2.58. The van der Waals surface area contributed by atoms with Crippen molar-refractivity contribution in [3.8, 4) is 22.3 Å². The predicted molar refractivity (Wildman–Crippen MR) is 103 cm³/mol. The molecule has 8 heteroatoms. The molecule has 0 fully saturated rings. The first-order chi connectivity index (χ1) is 12.2. The number of rotatable bonds is 4. The van der Waals surface area contributed by atoms with Crippen LogP contribution in [-0.4, -0.2) is 16.8 Å². The summed E-state index contributed by atoms with van der Waals surface area (Å²) in [4.78, 5) is -0.0758. The fourth-order valence-corrected chi connectivity index (χ4v) is 4.13. The van der Waals surface area contributed by atoms with Crippen LogP contribution in [0.4, 0.5) is 0 Å². The van der Waals surface area contributed by atoms with Gasteiger partial charge in [0, 0.05) is 21.4 Å². The highest BCUT2D eigenvalue weighted by Gasteiger charge is 2.16. The van der Waals surface area contributed by atoms with Gasteiger partial charge in [-0.25, -0.2) is 16.8 Å². The van der Waals surface area contributed by atoms with Crippen molar-refractivity contribution in [1.29, 1.82) is 0 Å². The zero-order valence-corrected chi connectivity index (χ0v) is 16.3. The molecule has 0 N–H and O–H groups in total. The van der Waals surface area contributed by atoms with Crippen LogP contribution in [-0.2, 0) is 18.1 Å². The van der Waals surface area contributed by atoms with E-state index in [2.05, 4.69) is 0 Å². The highest BCUT2D eigenvalue weighted by molar-refractivity contribution is 8.14. The van der Waals surface area contributed by atoms with Crippen molar-refractivity contribution in [2.45, 2.75) is 9.79 Å². The Morgan fingerprint density at radius 3 is 1.58 bits per heavy atom. The quantitative estimate of drug-likeness (QED) is 0.557. The third-order valence-electron chi connectivity index (χ3n) is 3.80.